The number of anilines is 1. The van der Waals surface area contributed by atoms with Gasteiger partial charge in [-0.2, -0.15) is 0 Å². The molecule has 4 rings (SSSR count). The molecule has 11 heteroatoms. The van der Waals surface area contributed by atoms with Gasteiger partial charge < -0.3 is 9.47 Å². The summed E-state index contributed by atoms with van der Waals surface area (Å²) < 4.78 is 39.5. The lowest BCUT2D eigenvalue weighted by molar-refractivity contribution is 0.202. The topological polar surface area (TPSA) is 116 Å². The minimum absolute atomic E-state index is 0.0866. The predicted molar refractivity (Wildman–Crippen MR) is 138 cm³/mol. The van der Waals surface area contributed by atoms with E-state index in [1.54, 1.807) is 12.1 Å². The van der Waals surface area contributed by atoms with E-state index in [0.717, 1.165) is 16.5 Å². The van der Waals surface area contributed by atoms with Gasteiger partial charge in [0.15, 0.2) is 5.82 Å². The minimum Gasteiger partial charge on any atom is -0.473 e. The molecule has 0 aliphatic carbocycles. The first-order valence-electron chi connectivity index (χ1n) is 10.8. The number of aromatic nitrogens is 4. The summed E-state index contributed by atoms with van der Waals surface area (Å²) in [5.74, 6) is 0.280. The summed E-state index contributed by atoms with van der Waals surface area (Å²) in [6.45, 7) is 2.18. The van der Waals surface area contributed by atoms with E-state index in [2.05, 4.69) is 24.7 Å². The molecule has 0 radical (unpaired) electrons. The number of nitrogens with zero attached hydrogens (tertiary/aromatic N) is 4. The van der Waals surface area contributed by atoms with Crippen molar-refractivity contribution in [2.75, 3.05) is 17.9 Å². The first-order chi connectivity index (χ1) is 17.4. The maximum absolute atomic E-state index is 12.8. The van der Waals surface area contributed by atoms with Gasteiger partial charge in [0.25, 0.3) is 10.0 Å². The van der Waals surface area contributed by atoms with E-state index in [0.29, 0.717) is 16.1 Å². The SMILES string of the molecule is Cc1ccc(-c2c(NS(=O)(=O)C=Cc3ccccc3)ncnc2OCCOc2ncc(Cl)cn2)cc1. The number of sulfonamides is 1. The molecular weight excluding hydrogens is 502 g/mol. The molecule has 0 spiro atoms. The Bertz CT molecular complexity index is 1430. The van der Waals surface area contributed by atoms with Crippen LogP contribution in [0.3, 0.4) is 0 Å². The fraction of sp³-hybridized carbons (Fsp3) is 0.120. The van der Waals surface area contributed by atoms with Crippen molar-refractivity contribution in [3.05, 3.63) is 94.9 Å². The highest BCUT2D eigenvalue weighted by Gasteiger charge is 2.19. The molecule has 0 aliphatic rings. The van der Waals surface area contributed by atoms with Crippen molar-refractivity contribution in [2.24, 2.45) is 0 Å². The van der Waals surface area contributed by atoms with Crippen molar-refractivity contribution in [2.45, 2.75) is 6.92 Å². The minimum atomic E-state index is -3.88. The summed E-state index contributed by atoms with van der Waals surface area (Å²) in [5.41, 5.74) is 2.88. The summed E-state index contributed by atoms with van der Waals surface area (Å²) in [6.07, 6.45) is 5.59. The van der Waals surface area contributed by atoms with Crippen LogP contribution in [0.1, 0.15) is 11.1 Å². The Kier molecular flexibility index (Phi) is 8.09. The number of ether oxygens (including phenoxy) is 2. The van der Waals surface area contributed by atoms with Crippen LogP contribution in [-0.2, 0) is 10.0 Å². The Hall–Kier alpha value is -4.02. The highest BCUT2D eigenvalue weighted by atomic mass is 35.5. The molecule has 9 nitrogen and oxygen atoms in total. The van der Waals surface area contributed by atoms with Crippen LogP contribution in [0.15, 0.2) is 78.7 Å². The van der Waals surface area contributed by atoms with E-state index < -0.39 is 10.0 Å². The maximum Gasteiger partial charge on any atom is 0.316 e. The van der Waals surface area contributed by atoms with Gasteiger partial charge in [-0.15, -0.1) is 0 Å². The van der Waals surface area contributed by atoms with Gasteiger partial charge >= 0.3 is 6.01 Å². The zero-order valence-electron chi connectivity index (χ0n) is 19.2. The first-order valence-corrected chi connectivity index (χ1v) is 12.7. The highest BCUT2D eigenvalue weighted by Crippen LogP contribution is 2.34. The number of hydrogen-bond donors (Lipinski definition) is 1. The number of rotatable bonds is 10. The fourth-order valence-corrected chi connectivity index (χ4v) is 4.01. The molecule has 0 atom stereocenters. The van der Waals surface area contributed by atoms with E-state index in [4.69, 9.17) is 21.1 Å². The van der Waals surface area contributed by atoms with Crippen LogP contribution in [-0.4, -0.2) is 41.6 Å². The molecule has 36 heavy (non-hydrogen) atoms. The van der Waals surface area contributed by atoms with Gasteiger partial charge in [0, 0.05) is 0 Å². The second-order valence-corrected chi connectivity index (χ2v) is 9.51. The van der Waals surface area contributed by atoms with Crippen LogP contribution in [0.2, 0.25) is 5.02 Å². The predicted octanol–water partition coefficient (Wildman–Crippen LogP) is 4.77. The molecule has 184 valence electrons. The molecule has 0 amide bonds. The van der Waals surface area contributed by atoms with Crippen LogP contribution in [0.5, 0.6) is 11.9 Å². The molecule has 0 unspecified atom stereocenters. The number of nitrogens with one attached hydrogen (secondary N) is 1. The zero-order valence-corrected chi connectivity index (χ0v) is 20.8. The van der Waals surface area contributed by atoms with Crippen molar-refractivity contribution in [3.63, 3.8) is 0 Å². The van der Waals surface area contributed by atoms with E-state index in [1.165, 1.54) is 24.8 Å². The average molecular weight is 524 g/mol. The van der Waals surface area contributed by atoms with Crippen molar-refractivity contribution in [1.29, 1.82) is 0 Å². The van der Waals surface area contributed by atoms with Crippen molar-refractivity contribution in [3.8, 4) is 23.0 Å². The average Bonchev–Trinajstić information content (AvgIpc) is 2.88. The van der Waals surface area contributed by atoms with Crippen LogP contribution in [0.4, 0.5) is 5.82 Å². The molecule has 0 bridgehead atoms. The maximum atomic E-state index is 12.8. The van der Waals surface area contributed by atoms with Crippen LogP contribution < -0.4 is 14.2 Å². The Balaban J connectivity index is 1.56. The molecule has 1 N–H and O–H groups in total. The molecule has 2 aromatic heterocycles. The Morgan fingerprint density at radius 2 is 1.61 bits per heavy atom. The Labute approximate surface area is 213 Å². The van der Waals surface area contributed by atoms with E-state index >= 15 is 0 Å². The van der Waals surface area contributed by atoms with Gasteiger partial charge in [0.1, 0.15) is 19.5 Å². The third-order valence-corrected chi connectivity index (χ3v) is 5.95. The van der Waals surface area contributed by atoms with E-state index in [-0.39, 0.29) is 30.9 Å². The lowest BCUT2D eigenvalue weighted by Crippen LogP contribution is -2.14. The molecule has 4 aromatic rings. The molecule has 2 aromatic carbocycles. The van der Waals surface area contributed by atoms with Crippen LogP contribution in [0, 0.1) is 6.92 Å². The number of aryl methyl sites for hydroxylation is 1. The normalized spacial score (nSPS) is 11.4. The lowest BCUT2D eigenvalue weighted by Gasteiger charge is -2.15. The summed E-state index contributed by atoms with van der Waals surface area (Å²) in [5, 5.41) is 1.49. The van der Waals surface area contributed by atoms with Gasteiger partial charge in [0.05, 0.1) is 28.4 Å². The lowest BCUT2D eigenvalue weighted by atomic mass is 10.1. The van der Waals surface area contributed by atoms with Gasteiger partial charge in [-0.25, -0.2) is 28.4 Å². The molecule has 0 aliphatic heterocycles. The van der Waals surface area contributed by atoms with Gasteiger partial charge in [-0.1, -0.05) is 71.8 Å². The third kappa shape index (κ3) is 7.00. The highest BCUT2D eigenvalue weighted by molar-refractivity contribution is 7.95. The number of halogens is 1. The van der Waals surface area contributed by atoms with Gasteiger partial charge in [0.2, 0.25) is 5.88 Å². The molecule has 0 saturated carbocycles. The largest absolute Gasteiger partial charge is 0.473 e. The Morgan fingerprint density at radius 1 is 0.917 bits per heavy atom. The third-order valence-electron chi connectivity index (χ3n) is 4.78. The van der Waals surface area contributed by atoms with Gasteiger partial charge in [-0.05, 0) is 24.1 Å². The zero-order chi connectivity index (χ0) is 25.4. The van der Waals surface area contributed by atoms with Crippen molar-refractivity contribution in [1.82, 2.24) is 19.9 Å². The monoisotopic (exact) mass is 523 g/mol. The van der Waals surface area contributed by atoms with Crippen molar-refractivity contribution < 1.29 is 17.9 Å². The fourth-order valence-electron chi connectivity index (χ4n) is 3.08. The van der Waals surface area contributed by atoms with Crippen molar-refractivity contribution >= 4 is 33.5 Å². The smallest absolute Gasteiger partial charge is 0.316 e. The van der Waals surface area contributed by atoms with Crippen LogP contribution >= 0.6 is 11.6 Å². The molecule has 0 fully saturated rings. The number of benzene rings is 2. The number of hydrogen-bond acceptors (Lipinski definition) is 8. The second-order valence-electron chi connectivity index (χ2n) is 7.51. The van der Waals surface area contributed by atoms with Crippen LogP contribution in [0.25, 0.3) is 17.2 Å². The summed E-state index contributed by atoms with van der Waals surface area (Å²) in [7, 11) is -3.88. The second kappa shape index (κ2) is 11.6. The molecular formula is C25H22ClN5O4S. The van der Waals surface area contributed by atoms with E-state index in [1.807, 2.05) is 49.4 Å². The molecule has 0 saturated heterocycles. The molecule has 2 heterocycles. The first kappa shape index (κ1) is 25.1. The summed E-state index contributed by atoms with van der Waals surface area (Å²) in [6, 6.07) is 16.8. The summed E-state index contributed by atoms with van der Waals surface area (Å²) in [4.78, 5) is 16.3. The van der Waals surface area contributed by atoms with E-state index in [9.17, 15) is 8.42 Å². The summed E-state index contributed by atoms with van der Waals surface area (Å²) >= 11 is 5.78. The Morgan fingerprint density at radius 3 is 2.33 bits per heavy atom. The quantitative estimate of drug-likeness (QED) is 0.295. The van der Waals surface area contributed by atoms with Gasteiger partial charge in [-0.3, -0.25) is 4.72 Å². The standard InChI is InChI=1S/C25H22ClN5O4S/c1-18-7-9-20(10-8-18)22-23(31-36(32,33)14-11-19-5-3-2-4-6-19)29-17-30-24(22)34-12-13-35-25-27-15-21(26)16-28-25/h2-11,14-17H,12-13H2,1H3,(H,29,30,31).